The summed E-state index contributed by atoms with van der Waals surface area (Å²) in [6, 6.07) is 14.0. The summed E-state index contributed by atoms with van der Waals surface area (Å²) in [5.41, 5.74) is 2.39. The summed E-state index contributed by atoms with van der Waals surface area (Å²) in [6.45, 7) is 0. The number of benzene rings is 3. The smallest absolute Gasteiger partial charge is 0.312 e. The van der Waals surface area contributed by atoms with Crippen molar-refractivity contribution in [3.8, 4) is 34.5 Å². The van der Waals surface area contributed by atoms with Gasteiger partial charge in [-0.05, 0) is 30.3 Å². The quantitative estimate of drug-likeness (QED) is 0.278. The first-order valence-corrected chi connectivity index (χ1v) is 11.2. The number of Topliss-reactive ketones (excluding diaryl/α,β-unsaturated/α-hetero) is 1. The second kappa shape index (κ2) is 9.30. The number of carbonyl (C=O) groups is 2. The molecule has 0 aromatic heterocycles. The van der Waals surface area contributed by atoms with Gasteiger partial charge in [0.1, 0.15) is 23.0 Å². The first-order chi connectivity index (χ1) is 17.5. The minimum atomic E-state index is -0.449. The van der Waals surface area contributed by atoms with Crippen LogP contribution in [0.1, 0.15) is 39.4 Å². The van der Waals surface area contributed by atoms with Crippen molar-refractivity contribution in [2.24, 2.45) is 0 Å². The molecule has 36 heavy (non-hydrogen) atoms. The largest absolute Gasteiger partial charge is 0.497 e. The van der Waals surface area contributed by atoms with Crippen molar-refractivity contribution in [1.29, 1.82) is 0 Å². The molecule has 0 saturated carbocycles. The Morgan fingerprint density at radius 3 is 2.39 bits per heavy atom. The zero-order valence-corrected chi connectivity index (χ0v) is 20.2. The number of ketones is 1. The number of para-hydroxylation sites is 1. The first kappa shape index (κ1) is 23.3. The molecule has 2 aliphatic rings. The second-order valence-electron chi connectivity index (χ2n) is 8.22. The van der Waals surface area contributed by atoms with E-state index >= 15 is 0 Å². The predicted octanol–water partition coefficient (Wildman–Crippen LogP) is 4.78. The predicted molar refractivity (Wildman–Crippen MR) is 131 cm³/mol. The lowest BCUT2D eigenvalue weighted by Crippen LogP contribution is -2.22. The lowest BCUT2D eigenvalue weighted by atomic mass is 9.84. The van der Waals surface area contributed by atoms with E-state index in [1.807, 2.05) is 6.07 Å². The molecule has 0 radical (unpaired) electrons. The third kappa shape index (κ3) is 3.80. The molecule has 0 fully saturated rings. The molecule has 3 aromatic rings. The number of hydrogen-bond acceptors (Lipinski definition) is 8. The van der Waals surface area contributed by atoms with Crippen molar-refractivity contribution in [3.63, 3.8) is 0 Å². The van der Waals surface area contributed by atoms with E-state index in [2.05, 4.69) is 0 Å². The molecule has 8 nitrogen and oxygen atoms in total. The molecule has 0 spiro atoms. The van der Waals surface area contributed by atoms with Crippen LogP contribution in [-0.4, -0.2) is 40.2 Å². The van der Waals surface area contributed by atoms with Gasteiger partial charge in [0.25, 0.3) is 0 Å². The Bertz CT molecular complexity index is 1400. The molecular formula is C28H24O8. The highest BCUT2D eigenvalue weighted by atomic mass is 16.5. The van der Waals surface area contributed by atoms with Crippen molar-refractivity contribution in [3.05, 3.63) is 76.5 Å². The topological polar surface area (TPSA) is 89.5 Å². The van der Waals surface area contributed by atoms with Crippen LogP contribution >= 0.6 is 0 Å². The third-order valence-electron chi connectivity index (χ3n) is 6.32. The molecule has 2 aliphatic heterocycles. The number of fused-ring (bicyclic) bond motifs is 3. The normalized spacial score (nSPS) is 17.1. The Kier molecular flexibility index (Phi) is 6.01. The minimum absolute atomic E-state index is 0.0620. The van der Waals surface area contributed by atoms with E-state index in [1.54, 1.807) is 69.9 Å². The number of allylic oxidation sites excluding steroid dienone is 1. The van der Waals surface area contributed by atoms with Crippen molar-refractivity contribution in [2.45, 2.75) is 12.3 Å². The van der Waals surface area contributed by atoms with E-state index in [4.69, 9.17) is 28.4 Å². The van der Waals surface area contributed by atoms with E-state index in [0.717, 1.165) is 5.56 Å². The number of ether oxygens (including phenoxy) is 6. The fourth-order valence-corrected chi connectivity index (χ4v) is 4.64. The molecule has 1 atom stereocenters. The zero-order chi connectivity index (χ0) is 25.4. The molecule has 0 N–H and O–H groups in total. The maximum absolute atomic E-state index is 13.3. The molecule has 0 amide bonds. The van der Waals surface area contributed by atoms with Gasteiger partial charge in [-0.2, -0.15) is 0 Å². The maximum atomic E-state index is 13.3. The third-order valence-corrected chi connectivity index (χ3v) is 6.32. The average Bonchev–Trinajstić information content (AvgIpc) is 3.22. The number of carbonyl (C=O) groups excluding carboxylic acids is 2. The van der Waals surface area contributed by atoms with Gasteiger partial charge >= 0.3 is 5.97 Å². The first-order valence-electron chi connectivity index (χ1n) is 11.2. The van der Waals surface area contributed by atoms with Crippen LogP contribution in [0.25, 0.3) is 6.08 Å². The molecule has 0 bridgehead atoms. The second-order valence-corrected chi connectivity index (χ2v) is 8.22. The highest BCUT2D eigenvalue weighted by Gasteiger charge is 2.39. The van der Waals surface area contributed by atoms with Crippen LogP contribution in [-0.2, 0) is 4.79 Å². The van der Waals surface area contributed by atoms with E-state index in [-0.39, 0.29) is 23.9 Å². The average molecular weight is 488 g/mol. The zero-order valence-electron chi connectivity index (χ0n) is 20.2. The summed E-state index contributed by atoms with van der Waals surface area (Å²) in [6.07, 6.45) is 1.68. The van der Waals surface area contributed by atoms with Crippen molar-refractivity contribution in [1.82, 2.24) is 0 Å². The van der Waals surface area contributed by atoms with Crippen LogP contribution in [0.5, 0.6) is 34.5 Å². The summed E-state index contributed by atoms with van der Waals surface area (Å²) < 4.78 is 33.5. The van der Waals surface area contributed by atoms with Crippen LogP contribution in [0.4, 0.5) is 0 Å². The number of esters is 1. The molecule has 2 heterocycles. The highest BCUT2D eigenvalue weighted by molar-refractivity contribution is 6.15. The van der Waals surface area contributed by atoms with Gasteiger partial charge in [-0.15, -0.1) is 0 Å². The summed E-state index contributed by atoms with van der Waals surface area (Å²) in [7, 11) is 6.20. The van der Waals surface area contributed by atoms with E-state index < -0.39 is 5.92 Å². The summed E-state index contributed by atoms with van der Waals surface area (Å²) >= 11 is 0. The molecule has 3 aromatic carbocycles. The molecule has 8 heteroatoms. The Morgan fingerprint density at radius 1 is 0.861 bits per heavy atom. The Hall–Kier alpha value is -4.46. The lowest BCUT2D eigenvalue weighted by molar-refractivity contribution is -0.135. The Labute approximate surface area is 207 Å². The van der Waals surface area contributed by atoms with Crippen LogP contribution < -0.4 is 28.4 Å². The van der Waals surface area contributed by atoms with E-state index in [0.29, 0.717) is 51.2 Å². The number of rotatable bonds is 6. The molecule has 0 aliphatic carbocycles. The number of hydrogen-bond donors (Lipinski definition) is 0. The Balaban J connectivity index is 1.62. The maximum Gasteiger partial charge on any atom is 0.312 e. The summed E-state index contributed by atoms with van der Waals surface area (Å²) in [5.74, 6) is 1.92. The van der Waals surface area contributed by atoms with Crippen LogP contribution in [0.2, 0.25) is 0 Å². The number of methoxy groups -OCH3 is 4. The summed E-state index contributed by atoms with van der Waals surface area (Å²) in [4.78, 5) is 25.8. The molecular weight excluding hydrogens is 464 g/mol. The van der Waals surface area contributed by atoms with Crippen LogP contribution in [0.3, 0.4) is 0 Å². The fourth-order valence-electron chi connectivity index (χ4n) is 4.64. The van der Waals surface area contributed by atoms with Gasteiger partial charge in [0.05, 0.1) is 40.4 Å². The van der Waals surface area contributed by atoms with Crippen molar-refractivity contribution < 1.29 is 38.0 Å². The summed E-state index contributed by atoms with van der Waals surface area (Å²) in [5, 5.41) is 0. The monoisotopic (exact) mass is 488 g/mol. The van der Waals surface area contributed by atoms with Gasteiger partial charge in [0.2, 0.25) is 5.78 Å². The SMILES string of the molecule is COc1ccc([C@H]2CC(=O)Oc3ccc4c(c32)O/C(=C\c2cccc(OC)c2OC)C4=O)c(OC)c1. The van der Waals surface area contributed by atoms with Crippen LogP contribution in [0.15, 0.2) is 54.3 Å². The van der Waals surface area contributed by atoms with Crippen LogP contribution in [0, 0.1) is 0 Å². The standard InChI is InChI=1S/C28H24O8/c1-31-16-8-9-17(22(13-16)33-3)19-14-24(29)35-20-11-10-18-26(30)23(36-28(18)25(19)20)12-15-6-5-7-21(32-2)27(15)34-4/h5-13,19H,14H2,1-4H3/b23-12-/t19-/m1/s1. The molecule has 184 valence electrons. The van der Waals surface area contributed by atoms with Gasteiger partial charge in [-0.3, -0.25) is 9.59 Å². The van der Waals surface area contributed by atoms with Crippen molar-refractivity contribution >= 4 is 17.8 Å². The van der Waals surface area contributed by atoms with Crippen molar-refractivity contribution in [2.75, 3.05) is 28.4 Å². The molecule has 0 saturated heterocycles. The lowest BCUT2D eigenvalue weighted by Gasteiger charge is -2.27. The van der Waals surface area contributed by atoms with E-state index in [1.165, 1.54) is 7.11 Å². The van der Waals surface area contributed by atoms with Gasteiger partial charge in [-0.25, -0.2) is 0 Å². The van der Waals surface area contributed by atoms with Gasteiger partial charge in [0.15, 0.2) is 17.3 Å². The van der Waals surface area contributed by atoms with Gasteiger partial charge in [0, 0.05) is 28.7 Å². The minimum Gasteiger partial charge on any atom is -0.497 e. The molecule has 0 unspecified atom stereocenters. The van der Waals surface area contributed by atoms with Gasteiger partial charge < -0.3 is 28.4 Å². The Morgan fingerprint density at radius 2 is 1.67 bits per heavy atom. The molecule has 5 rings (SSSR count). The van der Waals surface area contributed by atoms with Gasteiger partial charge in [-0.1, -0.05) is 18.2 Å². The fraction of sp³-hybridized carbons (Fsp3) is 0.214. The van der Waals surface area contributed by atoms with E-state index in [9.17, 15) is 9.59 Å². The highest BCUT2D eigenvalue weighted by Crippen LogP contribution is 2.51.